The first kappa shape index (κ1) is 18.0. The second kappa shape index (κ2) is 8.54. The molecule has 0 spiro atoms. The standard InChI is InChI=1S/C21H22N4S/c1-2-25(15-16-4-3-5-21(26)14-16)20-12-10-19(11-13-20)24-23-18-8-6-17(22)7-9-18/h3-14,26H,2,15,22H2,1H3. The van der Waals surface area contributed by atoms with Gasteiger partial charge in [0.15, 0.2) is 0 Å². The fourth-order valence-corrected chi connectivity index (χ4v) is 2.90. The van der Waals surface area contributed by atoms with Crippen LogP contribution < -0.4 is 10.6 Å². The zero-order chi connectivity index (χ0) is 18.4. The van der Waals surface area contributed by atoms with E-state index in [1.165, 1.54) is 5.56 Å². The highest BCUT2D eigenvalue weighted by Crippen LogP contribution is 2.24. The normalized spacial score (nSPS) is 11.0. The predicted molar refractivity (Wildman–Crippen MR) is 112 cm³/mol. The van der Waals surface area contributed by atoms with E-state index in [0.29, 0.717) is 0 Å². The lowest BCUT2D eigenvalue weighted by Gasteiger charge is -2.23. The Morgan fingerprint density at radius 1 is 0.885 bits per heavy atom. The van der Waals surface area contributed by atoms with Crippen molar-refractivity contribution in [3.8, 4) is 0 Å². The van der Waals surface area contributed by atoms with E-state index in [-0.39, 0.29) is 0 Å². The first-order chi connectivity index (χ1) is 12.6. The van der Waals surface area contributed by atoms with Gasteiger partial charge in [-0.25, -0.2) is 0 Å². The van der Waals surface area contributed by atoms with Gasteiger partial charge in [0.25, 0.3) is 0 Å². The van der Waals surface area contributed by atoms with Gasteiger partial charge in [0.05, 0.1) is 11.4 Å². The number of thiol groups is 1. The van der Waals surface area contributed by atoms with E-state index in [1.807, 2.05) is 48.5 Å². The molecule has 4 nitrogen and oxygen atoms in total. The maximum absolute atomic E-state index is 5.67. The number of hydrogen-bond donors (Lipinski definition) is 2. The van der Waals surface area contributed by atoms with Gasteiger partial charge in [0, 0.05) is 29.4 Å². The maximum atomic E-state index is 5.67. The third kappa shape index (κ3) is 4.86. The van der Waals surface area contributed by atoms with E-state index in [2.05, 4.69) is 58.9 Å². The van der Waals surface area contributed by atoms with Crippen LogP contribution in [0.15, 0.2) is 87.9 Å². The van der Waals surface area contributed by atoms with Crippen molar-refractivity contribution in [1.29, 1.82) is 0 Å². The Hall–Kier alpha value is -2.79. The van der Waals surface area contributed by atoms with Gasteiger partial charge in [-0.05, 0) is 73.2 Å². The highest BCUT2D eigenvalue weighted by Gasteiger charge is 2.06. The second-order valence-electron chi connectivity index (χ2n) is 5.99. The molecule has 0 atom stereocenters. The minimum absolute atomic E-state index is 0.719. The third-order valence-corrected chi connectivity index (χ3v) is 4.33. The Morgan fingerprint density at radius 2 is 1.50 bits per heavy atom. The van der Waals surface area contributed by atoms with Crippen LogP contribution in [0.4, 0.5) is 22.7 Å². The number of rotatable bonds is 6. The molecule has 0 radical (unpaired) electrons. The van der Waals surface area contributed by atoms with Crippen LogP contribution in [0.1, 0.15) is 12.5 Å². The molecule has 0 unspecified atom stereocenters. The minimum Gasteiger partial charge on any atom is -0.399 e. The lowest BCUT2D eigenvalue weighted by molar-refractivity contribution is 0.830. The van der Waals surface area contributed by atoms with Gasteiger partial charge >= 0.3 is 0 Å². The largest absolute Gasteiger partial charge is 0.399 e. The van der Waals surface area contributed by atoms with E-state index in [1.54, 1.807) is 0 Å². The molecule has 0 heterocycles. The maximum Gasteiger partial charge on any atom is 0.0858 e. The van der Waals surface area contributed by atoms with Crippen LogP contribution in [0.5, 0.6) is 0 Å². The summed E-state index contributed by atoms with van der Waals surface area (Å²) < 4.78 is 0. The smallest absolute Gasteiger partial charge is 0.0858 e. The van der Waals surface area contributed by atoms with Crippen LogP contribution in [0.25, 0.3) is 0 Å². The Kier molecular flexibility index (Phi) is 5.92. The lowest BCUT2D eigenvalue weighted by atomic mass is 10.2. The molecule has 3 rings (SSSR count). The monoisotopic (exact) mass is 362 g/mol. The zero-order valence-electron chi connectivity index (χ0n) is 14.7. The van der Waals surface area contributed by atoms with Crippen molar-refractivity contribution in [2.45, 2.75) is 18.4 Å². The van der Waals surface area contributed by atoms with E-state index in [9.17, 15) is 0 Å². The Morgan fingerprint density at radius 3 is 2.08 bits per heavy atom. The number of azo groups is 1. The molecule has 0 saturated carbocycles. The minimum atomic E-state index is 0.719. The number of nitrogen functional groups attached to an aromatic ring is 1. The summed E-state index contributed by atoms with van der Waals surface area (Å²) in [6.45, 7) is 3.92. The van der Waals surface area contributed by atoms with Crippen LogP contribution >= 0.6 is 12.6 Å². The summed E-state index contributed by atoms with van der Waals surface area (Å²) in [4.78, 5) is 3.29. The van der Waals surface area contributed by atoms with Crippen molar-refractivity contribution in [2.24, 2.45) is 10.2 Å². The molecular weight excluding hydrogens is 340 g/mol. The molecule has 0 fully saturated rings. The highest BCUT2D eigenvalue weighted by atomic mass is 32.1. The Bertz CT molecular complexity index is 873. The number of hydrogen-bond acceptors (Lipinski definition) is 5. The fourth-order valence-electron chi connectivity index (χ4n) is 2.65. The van der Waals surface area contributed by atoms with Crippen molar-refractivity contribution in [3.63, 3.8) is 0 Å². The van der Waals surface area contributed by atoms with Gasteiger partial charge < -0.3 is 10.6 Å². The van der Waals surface area contributed by atoms with Gasteiger partial charge in [-0.15, -0.1) is 12.6 Å². The van der Waals surface area contributed by atoms with Crippen LogP contribution in [0.3, 0.4) is 0 Å². The average molecular weight is 363 g/mol. The molecule has 0 saturated heterocycles. The second-order valence-corrected chi connectivity index (χ2v) is 6.51. The van der Waals surface area contributed by atoms with Gasteiger partial charge in [-0.1, -0.05) is 12.1 Å². The molecule has 5 heteroatoms. The van der Waals surface area contributed by atoms with Crippen molar-refractivity contribution in [3.05, 3.63) is 78.4 Å². The number of anilines is 2. The summed E-state index contributed by atoms with van der Waals surface area (Å²) in [5.74, 6) is 0. The molecular formula is C21H22N4S. The summed E-state index contributed by atoms with van der Waals surface area (Å²) in [5.41, 5.74) is 10.4. The predicted octanol–water partition coefficient (Wildman–Crippen LogP) is 6.00. The molecule has 0 aliphatic rings. The third-order valence-electron chi connectivity index (χ3n) is 4.05. The van der Waals surface area contributed by atoms with Gasteiger partial charge in [0.1, 0.15) is 0 Å². The molecule has 3 aromatic rings. The van der Waals surface area contributed by atoms with E-state index in [0.717, 1.165) is 40.7 Å². The van der Waals surface area contributed by atoms with Crippen LogP contribution in [-0.2, 0) is 6.54 Å². The molecule has 26 heavy (non-hydrogen) atoms. The summed E-state index contributed by atoms with van der Waals surface area (Å²) in [7, 11) is 0. The number of nitrogens with zero attached hydrogens (tertiary/aromatic N) is 3. The van der Waals surface area contributed by atoms with Gasteiger partial charge in [-0.3, -0.25) is 0 Å². The molecule has 0 bridgehead atoms. The molecule has 132 valence electrons. The van der Waals surface area contributed by atoms with Gasteiger partial charge in [-0.2, -0.15) is 10.2 Å². The Balaban J connectivity index is 1.70. The van der Waals surface area contributed by atoms with Crippen molar-refractivity contribution in [2.75, 3.05) is 17.2 Å². The van der Waals surface area contributed by atoms with Crippen LogP contribution in [0.2, 0.25) is 0 Å². The van der Waals surface area contributed by atoms with E-state index >= 15 is 0 Å². The average Bonchev–Trinajstić information content (AvgIpc) is 2.66. The van der Waals surface area contributed by atoms with Crippen LogP contribution in [-0.4, -0.2) is 6.54 Å². The topological polar surface area (TPSA) is 54.0 Å². The SMILES string of the molecule is CCN(Cc1cccc(S)c1)c1ccc(N=Nc2ccc(N)cc2)cc1. The first-order valence-electron chi connectivity index (χ1n) is 8.54. The van der Waals surface area contributed by atoms with Gasteiger partial charge in [0.2, 0.25) is 0 Å². The number of benzene rings is 3. The summed E-state index contributed by atoms with van der Waals surface area (Å²) >= 11 is 4.42. The molecule has 0 aliphatic carbocycles. The molecule has 2 N–H and O–H groups in total. The Labute approximate surface area is 159 Å². The lowest BCUT2D eigenvalue weighted by Crippen LogP contribution is -2.21. The number of nitrogens with two attached hydrogens (primary N) is 1. The zero-order valence-corrected chi connectivity index (χ0v) is 15.6. The molecule has 0 aromatic heterocycles. The van der Waals surface area contributed by atoms with Crippen molar-refractivity contribution < 1.29 is 0 Å². The highest BCUT2D eigenvalue weighted by molar-refractivity contribution is 7.80. The van der Waals surface area contributed by atoms with E-state index < -0.39 is 0 Å². The first-order valence-corrected chi connectivity index (χ1v) is 8.99. The van der Waals surface area contributed by atoms with Crippen molar-refractivity contribution >= 4 is 35.4 Å². The fraction of sp³-hybridized carbons (Fsp3) is 0.143. The molecule has 0 aliphatic heterocycles. The molecule has 0 amide bonds. The quantitative estimate of drug-likeness (QED) is 0.321. The van der Waals surface area contributed by atoms with E-state index in [4.69, 9.17) is 5.73 Å². The van der Waals surface area contributed by atoms with Crippen molar-refractivity contribution in [1.82, 2.24) is 0 Å². The summed E-state index contributed by atoms with van der Waals surface area (Å²) in [6.07, 6.45) is 0. The molecule has 3 aromatic carbocycles. The summed E-state index contributed by atoms with van der Waals surface area (Å²) in [5, 5.41) is 8.52. The summed E-state index contributed by atoms with van der Waals surface area (Å²) in [6, 6.07) is 23.7. The van der Waals surface area contributed by atoms with Crippen LogP contribution in [0, 0.1) is 0 Å².